The van der Waals surface area contributed by atoms with Gasteiger partial charge in [-0.15, -0.1) is 0 Å². The number of aromatic nitrogens is 4. The fourth-order valence-electron chi connectivity index (χ4n) is 4.92. The SMILES string of the molecule is CC/C(C)=C(/c1cc2n(n1)CCC(=O)N2C(C)c1ccc(-c2nc(C(C)(F)P)cn2CC)cc1)N(C)C. The second kappa shape index (κ2) is 10.4. The van der Waals surface area contributed by atoms with Crippen molar-refractivity contribution in [1.29, 1.82) is 0 Å². The van der Waals surface area contributed by atoms with Crippen molar-refractivity contribution < 1.29 is 9.18 Å². The smallest absolute Gasteiger partial charge is 0.230 e. The third kappa shape index (κ3) is 5.22. The number of carbonyl (C=O) groups is 1. The Labute approximate surface area is 221 Å². The van der Waals surface area contributed by atoms with Crippen molar-refractivity contribution in [3.8, 4) is 11.4 Å². The fraction of sp³-hybridized carbons (Fsp3) is 0.464. The summed E-state index contributed by atoms with van der Waals surface area (Å²) in [6.07, 6.45) is 3.11. The van der Waals surface area contributed by atoms with E-state index < -0.39 is 5.41 Å². The zero-order valence-electron chi connectivity index (χ0n) is 22.9. The maximum Gasteiger partial charge on any atom is 0.230 e. The molecule has 1 aliphatic rings. The van der Waals surface area contributed by atoms with Crippen LogP contribution in [-0.4, -0.2) is 44.2 Å². The van der Waals surface area contributed by atoms with E-state index in [4.69, 9.17) is 5.10 Å². The predicted octanol–water partition coefficient (Wildman–Crippen LogP) is 5.98. The van der Waals surface area contributed by atoms with Gasteiger partial charge in [0.2, 0.25) is 5.91 Å². The number of imidazole rings is 1. The van der Waals surface area contributed by atoms with Crippen LogP contribution in [0.15, 0.2) is 42.1 Å². The monoisotopic (exact) mass is 524 g/mol. The molecule has 3 atom stereocenters. The van der Waals surface area contributed by atoms with Crippen molar-refractivity contribution in [2.75, 3.05) is 19.0 Å². The van der Waals surface area contributed by atoms with Crippen LogP contribution >= 0.6 is 9.24 Å². The van der Waals surface area contributed by atoms with Gasteiger partial charge in [-0.25, -0.2) is 14.1 Å². The van der Waals surface area contributed by atoms with Gasteiger partial charge in [-0.2, -0.15) is 5.10 Å². The molecule has 0 radical (unpaired) electrons. The number of benzene rings is 1. The lowest BCUT2D eigenvalue weighted by Crippen LogP contribution is -2.39. The van der Waals surface area contributed by atoms with Crippen LogP contribution in [0.25, 0.3) is 17.1 Å². The van der Waals surface area contributed by atoms with Crippen molar-refractivity contribution in [3.05, 3.63) is 59.1 Å². The Morgan fingerprint density at radius 2 is 1.92 bits per heavy atom. The number of carbonyl (C=O) groups excluding carboxylic acids is 1. The molecule has 0 saturated heterocycles. The van der Waals surface area contributed by atoms with Crippen LogP contribution in [0.5, 0.6) is 0 Å². The first-order chi connectivity index (χ1) is 17.5. The van der Waals surface area contributed by atoms with Gasteiger partial charge in [-0.05, 0) is 45.3 Å². The van der Waals surface area contributed by atoms with Crippen LogP contribution in [0.1, 0.15) is 70.5 Å². The number of hydrogen-bond acceptors (Lipinski definition) is 4. The van der Waals surface area contributed by atoms with Gasteiger partial charge in [0.25, 0.3) is 0 Å². The maximum absolute atomic E-state index is 14.5. The summed E-state index contributed by atoms with van der Waals surface area (Å²) in [6, 6.07) is 9.91. The highest BCUT2D eigenvalue weighted by atomic mass is 31.0. The van der Waals surface area contributed by atoms with E-state index >= 15 is 0 Å². The Balaban J connectivity index is 1.67. The Kier molecular flexibility index (Phi) is 7.61. The Morgan fingerprint density at radius 1 is 1.24 bits per heavy atom. The highest BCUT2D eigenvalue weighted by Gasteiger charge is 2.32. The van der Waals surface area contributed by atoms with Gasteiger partial charge < -0.3 is 9.47 Å². The molecular weight excluding hydrogens is 486 g/mol. The molecule has 0 fully saturated rings. The number of hydrogen-bond donors (Lipinski definition) is 0. The topological polar surface area (TPSA) is 59.2 Å². The minimum absolute atomic E-state index is 0.0898. The van der Waals surface area contributed by atoms with Crippen molar-refractivity contribution in [3.63, 3.8) is 0 Å². The van der Waals surface area contributed by atoms with Crippen LogP contribution in [0, 0.1) is 0 Å². The molecule has 0 bridgehead atoms. The Hall–Kier alpha value is -2.99. The van der Waals surface area contributed by atoms with Crippen LogP contribution in [0.2, 0.25) is 0 Å². The molecule has 2 aromatic heterocycles. The molecule has 0 spiro atoms. The molecule has 3 unspecified atom stereocenters. The first kappa shape index (κ1) is 27.1. The van der Waals surface area contributed by atoms with E-state index in [1.165, 1.54) is 12.5 Å². The first-order valence-corrected chi connectivity index (χ1v) is 13.5. The number of fused-ring (bicyclic) bond motifs is 1. The number of aryl methyl sites for hydroxylation is 2. The summed E-state index contributed by atoms with van der Waals surface area (Å²) in [5.41, 5.74) is 5.54. The van der Waals surface area contributed by atoms with Gasteiger partial charge in [-0.3, -0.25) is 9.69 Å². The maximum atomic E-state index is 14.5. The molecule has 9 heteroatoms. The largest absolute Gasteiger partial charge is 0.376 e. The second-order valence-electron chi connectivity index (χ2n) is 10.1. The Morgan fingerprint density at radius 3 is 2.49 bits per heavy atom. The highest BCUT2D eigenvalue weighted by molar-refractivity contribution is 7.18. The molecular formula is C28H38FN6OP. The lowest BCUT2D eigenvalue weighted by molar-refractivity contribution is -0.120. The van der Waals surface area contributed by atoms with Gasteiger partial charge >= 0.3 is 0 Å². The van der Waals surface area contributed by atoms with E-state index in [-0.39, 0.29) is 11.9 Å². The second-order valence-corrected chi connectivity index (χ2v) is 11.2. The van der Waals surface area contributed by atoms with Crippen LogP contribution in [0.3, 0.4) is 0 Å². The van der Waals surface area contributed by atoms with Crippen molar-refractivity contribution >= 4 is 26.7 Å². The predicted molar refractivity (Wildman–Crippen MR) is 151 cm³/mol. The summed E-state index contributed by atoms with van der Waals surface area (Å²) in [6.45, 7) is 11.1. The van der Waals surface area contributed by atoms with E-state index in [1.54, 1.807) is 6.20 Å². The van der Waals surface area contributed by atoms with Gasteiger partial charge in [-0.1, -0.05) is 40.4 Å². The number of halogens is 1. The zero-order chi connectivity index (χ0) is 27.1. The number of nitrogens with zero attached hydrogens (tertiary/aromatic N) is 6. The molecule has 198 valence electrons. The third-order valence-corrected chi connectivity index (χ3v) is 7.39. The molecule has 3 heterocycles. The summed E-state index contributed by atoms with van der Waals surface area (Å²) in [7, 11) is 6.27. The summed E-state index contributed by atoms with van der Waals surface area (Å²) < 4.78 is 18.4. The molecule has 0 saturated carbocycles. The van der Waals surface area contributed by atoms with Gasteiger partial charge in [0.1, 0.15) is 17.3 Å². The molecule has 1 aliphatic heterocycles. The van der Waals surface area contributed by atoms with E-state index in [1.807, 2.05) is 72.4 Å². The molecule has 1 amide bonds. The molecule has 1 aromatic carbocycles. The lowest BCUT2D eigenvalue weighted by atomic mass is 10.0. The highest BCUT2D eigenvalue weighted by Crippen LogP contribution is 2.36. The molecule has 0 aliphatic carbocycles. The molecule has 3 aromatic rings. The summed E-state index contributed by atoms with van der Waals surface area (Å²) in [5.74, 6) is 1.64. The van der Waals surface area contributed by atoms with Crippen molar-refractivity contribution in [1.82, 2.24) is 24.2 Å². The minimum Gasteiger partial charge on any atom is -0.376 e. The molecule has 4 rings (SSSR count). The number of amides is 1. The third-order valence-electron chi connectivity index (χ3n) is 7.09. The van der Waals surface area contributed by atoms with Crippen molar-refractivity contribution in [2.45, 2.75) is 72.0 Å². The number of allylic oxidation sites excluding steroid dienone is 1. The molecule has 0 N–H and O–H groups in total. The average Bonchev–Trinajstić information content (AvgIpc) is 3.48. The lowest BCUT2D eigenvalue weighted by Gasteiger charge is -2.33. The molecule has 7 nitrogen and oxygen atoms in total. The van der Waals surface area contributed by atoms with E-state index in [9.17, 15) is 9.18 Å². The Bertz CT molecular complexity index is 1320. The first-order valence-electron chi connectivity index (χ1n) is 12.9. The zero-order valence-corrected chi connectivity index (χ0v) is 24.1. The van der Waals surface area contributed by atoms with E-state index in [0.717, 1.165) is 40.6 Å². The summed E-state index contributed by atoms with van der Waals surface area (Å²) in [4.78, 5) is 21.7. The minimum atomic E-state index is -1.59. The fourth-order valence-corrected chi connectivity index (χ4v) is 5.06. The quantitative estimate of drug-likeness (QED) is 0.340. The van der Waals surface area contributed by atoms with Gasteiger partial charge in [0.05, 0.1) is 24.0 Å². The van der Waals surface area contributed by atoms with E-state index in [2.05, 4.69) is 33.0 Å². The summed E-state index contributed by atoms with van der Waals surface area (Å²) >= 11 is 0. The van der Waals surface area contributed by atoms with Crippen molar-refractivity contribution in [2.24, 2.45) is 0 Å². The number of alkyl halides is 1. The normalized spacial score (nSPS) is 16.8. The van der Waals surface area contributed by atoms with Gasteiger partial charge in [0, 0.05) is 44.9 Å². The van der Waals surface area contributed by atoms with Crippen LogP contribution < -0.4 is 4.90 Å². The van der Waals surface area contributed by atoms with Gasteiger partial charge in [0.15, 0.2) is 5.41 Å². The number of rotatable bonds is 8. The average molecular weight is 525 g/mol. The van der Waals surface area contributed by atoms with E-state index in [0.29, 0.717) is 25.2 Å². The molecule has 37 heavy (non-hydrogen) atoms. The summed E-state index contributed by atoms with van der Waals surface area (Å²) in [5, 5.41) is 3.29. The number of anilines is 1. The van der Waals surface area contributed by atoms with Crippen LogP contribution in [0.4, 0.5) is 10.2 Å². The standard InChI is InChI=1S/C28H38FN6OP/c1-8-18(3)26(32(6)7)22-16-24-34(31-22)15-14-25(36)35(24)19(4)20-10-12-21(13-11-20)27-30-23(28(5,29)37)17-33(27)9-2/h10-13,16-17,19H,8-9,14-15,37H2,1-7H3/b26-18-. The van der Waals surface area contributed by atoms with Crippen LogP contribution in [-0.2, 0) is 23.3 Å².